The molecular formula is C14H14O6. The minimum absolute atomic E-state index is 0.0871. The lowest BCUT2D eigenvalue weighted by atomic mass is 9.85. The number of fused-ring (bicyclic) bond motifs is 3. The van der Waals surface area contributed by atoms with Gasteiger partial charge in [0, 0.05) is 0 Å². The Balaban J connectivity index is 1.44. The van der Waals surface area contributed by atoms with Crippen molar-refractivity contribution in [1.82, 2.24) is 0 Å². The van der Waals surface area contributed by atoms with Gasteiger partial charge in [0.25, 0.3) is 0 Å². The van der Waals surface area contributed by atoms with E-state index in [-0.39, 0.29) is 24.9 Å². The number of rotatable bonds is 3. The van der Waals surface area contributed by atoms with Gasteiger partial charge in [-0.25, -0.2) is 4.79 Å². The molecule has 0 unspecified atom stereocenters. The van der Waals surface area contributed by atoms with Crippen LogP contribution in [0.5, 0.6) is 0 Å². The standard InChI is InChI=1S/C14H14O6/c15-8-9-10(19-9)12-14(20-12,11(8)16)6-18-13(17)7-4-2-1-3-5-7/h1-5,8-12,15-16H,6H2/t8-,9-,10-,11+,12+,14-/m0/s1. The maximum atomic E-state index is 11.9. The molecule has 1 aromatic rings. The summed E-state index contributed by atoms with van der Waals surface area (Å²) in [6.07, 6.45) is -2.93. The minimum Gasteiger partial charge on any atom is -0.459 e. The minimum atomic E-state index is -1.10. The Labute approximate surface area is 114 Å². The molecule has 0 spiro atoms. The molecule has 1 saturated carbocycles. The van der Waals surface area contributed by atoms with E-state index in [4.69, 9.17) is 14.2 Å². The van der Waals surface area contributed by atoms with Crippen molar-refractivity contribution in [2.24, 2.45) is 0 Å². The van der Waals surface area contributed by atoms with E-state index in [0.717, 1.165) is 0 Å². The molecule has 2 N–H and O–H groups in total. The summed E-state index contributed by atoms with van der Waals surface area (Å²) in [6.45, 7) is -0.0871. The van der Waals surface area contributed by atoms with E-state index >= 15 is 0 Å². The van der Waals surface area contributed by atoms with Crippen LogP contribution in [0.1, 0.15) is 10.4 Å². The monoisotopic (exact) mass is 278 g/mol. The zero-order chi connectivity index (χ0) is 13.9. The van der Waals surface area contributed by atoms with Gasteiger partial charge in [0.15, 0.2) is 5.60 Å². The van der Waals surface area contributed by atoms with Gasteiger partial charge in [-0.3, -0.25) is 0 Å². The van der Waals surface area contributed by atoms with E-state index in [2.05, 4.69) is 0 Å². The van der Waals surface area contributed by atoms with Gasteiger partial charge < -0.3 is 24.4 Å². The second kappa shape index (κ2) is 4.02. The highest BCUT2D eigenvalue weighted by atomic mass is 16.7. The van der Waals surface area contributed by atoms with Crippen molar-refractivity contribution in [2.75, 3.05) is 6.61 Å². The molecule has 20 heavy (non-hydrogen) atoms. The van der Waals surface area contributed by atoms with Gasteiger partial charge in [0.1, 0.15) is 37.1 Å². The third kappa shape index (κ3) is 1.63. The lowest BCUT2D eigenvalue weighted by molar-refractivity contribution is -0.0611. The van der Waals surface area contributed by atoms with E-state index < -0.39 is 23.8 Å². The van der Waals surface area contributed by atoms with E-state index in [1.807, 2.05) is 0 Å². The Morgan fingerprint density at radius 1 is 1.25 bits per heavy atom. The van der Waals surface area contributed by atoms with Crippen LogP contribution in [0.4, 0.5) is 0 Å². The first-order valence-corrected chi connectivity index (χ1v) is 6.55. The predicted octanol–water partition coefficient (Wildman–Crippen LogP) is -0.516. The van der Waals surface area contributed by atoms with Gasteiger partial charge in [-0.2, -0.15) is 0 Å². The number of hydrogen-bond acceptors (Lipinski definition) is 6. The summed E-state index contributed by atoms with van der Waals surface area (Å²) < 4.78 is 15.9. The number of aliphatic hydroxyl groups is 2. The maximum Gasteiger partial charge on any atom is 0.338 e. The number of carbonyl (C=O) groups excluding carboxylic acids is 1. The van der Waals surface area contributed by atoms with E-state index in [1.165, 1.54) is 0 Å². The molecule has 0 radical (unpaired) electrons. The van der Waals surface area contributed by atoms with Crippen LogP contribution in [0.25, 0.3) is 0 Å². The molecule has 6 nitrogen and oxygen atoms in total. The number of ether oxygens (including phenoxy) is 3. The summed E-state index contributed by atoms with van der Waals surface area (Å²) in [7, 11) is 0. The first-order valence-electron chi connectivity index (χ1n) is 6.55. The average molecular weight is 278 g/mol. The van der Waals surface area contributed by atoms with Crippen molar-refractivity contribution < 1.29 is 29.2 Å². The largest absolute Gasteiger partial charge is 0.459 e. The lowest BCUT2D eigenvalue weighted by Gasteiger charge is -2.25. The smallest absolute Gasteiger partial charge is 0.338 e. The number of esters is 1. The molecule has 1 aromatic carbocycles. The fourth-order valence-corrected chi connectivity index (χ4v) is 2.95. The van der Waals surface area contributed by atoms with Crippen LogP contribution < -0.4 is 0 Å². The highest BCUT2D eigenvalue weighted by Crippen LogP contribution is 2.55. The Bertz CT molecular complexity index is 546. The molecule has 6 heteroatoms. The van der Waals surface area contributed by atoms with Crippen molar-refractivity contribution in [2.45, 2.75) is 36.1 Å². The predicted molar refractivity (Wildman–Crippen MR) is 65.0 cm³/mol. The summed E-state index contributed by atoms with van der Waals surface area (Å²) in [5.41, 5.74) is -0.575. The summed E-state index contributed by atoms with van der Waals surface area (Å²) >= 11 is 0. The highest BCUT2D eigenvalue weighted by Gasteiger charge is 2.78. The second-order valence-electron chi connectivity index (χ2n) is 5.44. The first-order chi connectivity index (χ1) is 9.63. The molecule has 4 rings (SSSR count). The highest BCUT2D eigenvalue weighted by molar-refractivity contribution is 5.89. The fraction of sp³-hybridized carbons (Fsp3) is 0.500. The van der Waals surface area contributed by atoms with Crippen molar-refractivity contribution in [3.8, 4) is 0 Å². The zero-order valence-electron chi connectivity index (χ0n) is 10.5. The molecule has 3 fully saturated rings. The number of carbonyl (C=O) groups is 1. The van der Waals surface area contributed by atoms with Crippen LogP contribution in [-0.4, -0.2) is 58.9 Å². The fourth-order valence-electron chi connectivity index (χ4n) is 2.95. The van der Waals surface area contributed by atoms with Gasteiger partial charge in [-0.15, -0.1) is 0 Å². The Kier molecular flexibility index (Phi) is 2.47. The number of hydrogen-bond donors (Lipinski definition) is 2. The second-order valence-corrected chi connectivity index (χ2v) is 5.44. The van der Waals surface area contributed by atoms with Gasteiger partial charge in [0.2, 0.25) is 0 Å². The van der Waals surface area contributed by atoms with E-state index in [9.17, 15) is 15.0 Å². The van der Waals surface area contributed by atoms with Crippen LogP contribution >= 0.6 is 0 Å². The molecule has 0 bridgehead atoms. The van der Waals surface area contributed by atoms with Gasteiger partial charge in [0.05, 0.1) is 5.56 Å². The number of aliphatic hydroxyl groups excluding tert-OH is 2. The molecule has 0 amide bonds. The first kappa shape index (κ1) is 12.3. The number of epoxide rings is 2. The van der Waals surface area contributed by atoms with Crippen LogP contribution in [0.2, 0.25) is 0 Å². The summed E-state index contributed by atoms with van der Waals surface area (Å²) in [4.78, 5) is 11.9. The quantitative estimate of drug-likeness (QED) is 0.571. The molecule has 2 heterocycles. The van der Waals surface area contributed by atoms with Crippen molar-refractivity contribution in [3.05, 3.63) is 35.9 Å². The van der Waals surface area contributed by atoms with Crippen molar-refractivity contribution >= 4 is 5.97 Å². The third-order valence-electron chi connectivity index (χ3n) is 4.23. The SMILES string of the molecule is O=C(OC[C@@]12O[C@@H]1[C@H]1O[C@H]1[C@H](O)[C@H]2O)c1ccccc1. The van der Waals surface area contributed by atoms with Crippen LogP contribution in [0, 0.1) is 0 Å². The van der Waals surface area contributed by atoms with Crippen LogP contribution in [0.15, 0.2) is 30.3 Å². The van der Waals surface area contributed by atoms with Gasteiger partial charge >= 0.3 is 5.97 Å². The van der Waals surface area contributed by atoms with Gasteiger partial charge in [-0.1, -0.05) is 18.2 Å². The molecule has 3 aliphatic rings. The van der Waals surface area contributed by atoms with E-state index in [0.29, 0.717) is 5.56 Å². The molecular weight excluding hydrogens is 264 g/mol. The molecule has 1 aliphatic carbocycles. The summed E-state index contributed by atoms with van der Waals surface area (Å²) in [5, 5.41) is 19.9. The maximum absolute atomic E-state index is 11.9. The molecule has 0 aromatic heterocycles. The lowest BCUT2D eigenvalue weighted by Crippen LogP contribution is -2.51. The van der Waals surface area contributed by atoms with Crippen molar-refractivity contribution in [1.29, 1.82) is 0 Å². The van der Waals surface area contributed by atoms with Crippen molar-refractivity contribution in [3.63, 3.8) is 0 Å². The zero-order valence-corrected chi connectivity index (χ0v) is 10.5. The third-order valence-corrected chi connectivity index (χ3v) is 4.23. The Hall–Kier alpha value is -1.47. The summed E-state index contributed by atoms with van der Waals surface area (Å²) in [6, 6.07) is 8.59. The summed E-state index contributed by atoms with van der Waals surface area (Å²) in [5.74, 6) is -0.477. The van der Waals surface area contributed by atoms with Crippen LogP contribution in [-0.2, 0) is 14.2 Å². The molecule has 2 saturated heterocycles. The molecule has 6 atom stereocenters. The topological polar surface area (TPSA) is 91.8 Å². The molecule has 106 valence electrons. The van der Waals surface area contributed by atoms with Gasteiger partial charge in [-0.05, 0) is 12.1 Å². The normalized spacial score (nSPS) is 44.2. The number of benzene rings is 1. The van der Waals surface area contributed by atoms with E-state index in [1.54, 1.807) is 30.3 Å². The molecule has 2 aliphatic heterocycles. The Morgan fingerprint density at radius 3 is 2.75 bits per heavy atom. The average Bonchev–Trinajstić information content (AvgIpc) is 3.35. The van der Waals surface area contributed by atoms with Crippen LogP contribution in [0.3, 0.4) is 0 Å². The Morgan fingerprint density at radius 2 is 2.00 bits per heavy atom.